The maximum Gasteiger partial charge on any atom is 0.238 e. The van der Waals surface area contributed by atoms with Crippen molar-refractivity contribution in [3.05, 3.63) is 63.6 Å². The molecule has 0 saturated carbocycles. The Morgan fingerprint density at radius 1 is 1.00 bits per heavy atom. The van der Waals surface area contributed by atoms with E-state index in [2.05, 4.69) is 26.1 Å². The average Bonchev–Trinajstić information content (AvgIpc) is 2.67. The van der Waals surface area contributed by atoms with Gasteiger partial charge < -0.3 is 10.2 Å². The van der Waals surface area contributed by atoms with Gasteiger partial charge >= 0.3 is 0 Å². The Labute approximate surface area is 174 Å². The maximum absolute atomic E-state index is 12.5. The van der Waals surface area contributed by atoms with Crippen LogP contribution in [0.4, 0.5) is 5.69 Å². The number of nitrogens with zero attached hydrogens (tertiary/aromatic N) is 2. The van der Waals surface area contributed by atoms with Gasteiger partial charge in [0.2, 0.25) is 11.8 Å². The van der Waals surface area contributed by atoms with Gasteiger partial charge in [0.25, 0.3) is 0 Å². The quantitative estimate of drug-likeness (QED) is 0.770. The second-order valence-corrected chi connectivity index (χ2v) is 8.19. The Hall–Kier alpha value is -2.18. The number of amides is 2. The van der Waals surface area contributed by atoms with E-state index in [9.17, 15) is 9.59 Å². The molecule has 1 heterocycles. The van der Waals surface area contributed by atoms with Gasteiger partial charge in [-0.15, -0.1) is 0 Å². The Bertz CT molecular complexity index is 843. The van der Waals surface area contributed by atoms with Crippen molar-refractivity contribution < 1.29 is 9.59 Å². The third-order valence-corrected chi connectivity index (χ3v) is 5.90. The lowest BCUT2D eigenvalue weighted by atomic mass is 10.1. The summed E-state index contributed by atoms with van der Waals surface area (Å²) in [5, 5.41) is 2.95. The highest BCUT2D eigenvalue weighted by Crippen LogP contribution is 2.20. The number of anilines is 1. The molecule has 5 nitrogen and oxygen atoms in total. The Morgan fingerprint density at radius 3 is 2.32 bits per heavy atom. The van der Waals surface area contributed by atoms with Crippen molar-refractivity contribution in [2.45, 2.75) is 20.3 Å². The monoisotopic (exact) mass is 443 g/mol. The highest BCUT2D eigenvalue weighted by Gasteiger charge is 2.22. The van der Waals surface area contributed by atoms with Crippen LogP contribution in [0, 0.1) is 13.8 Å². The van der Waals surface area contributed by atoms with Gasteiger partial charge in [0.1, 0.15) is 0 Å². The minimum atomic E-state index is -0.0267. The second kappa shape index (κ2) is 9.34. The Balaban J connectivity index is 1.44. The lowest BCUT2D eigenvalue weighted by Gasteiger charge is -2.34. The van der Waals surface area contributed by atoms with Gasteiger partial charge in [-0.2, -0.15) is 0 Å². The van der Waals surface area contributed by atoms with Gasteiger partial charge in [-0.25, -0.2) is 0 Å². The number of benzene rings is 2. The molecule has 2 aromatic rings. The molecule has 0 spiro atoms. The number of piperazine rings is 1. The highest BCUT2D eigenvalue weighted by atomic mass is 79.9. The molecule has 0 radical (unpaired) electrons. The topological polar surface area (TPSA) is 52.7 Å². The normalized spacial score (nSPS) is 14.8. The van der Waals surface area contributed by atoms with Crippen LogP contribution in [0.1, 0.15) is 16.7 Å². The number of hydrogen-bond acceptors (Lipinski definition) is 3. The first-order chi connectivity index (χ1) is 13.4. The summed E-state index contributed by atoms with van der Waals surface area (Å²) in [4.78, 5) is 28.8. The van der Waals surface area contributed by atoms with Crippen LogP contribution in [0.15, 0.2) is 46.9 Å². The molecule has 0 atom stereocenters. The van der Waals surface area contributed by atoms with Crippen molar-refractivity contribution >= 4 is 33.4 Å². The summed E-state index contributed by atoms with van der Waals surface area (Å²) < 4.78 is 1.02. The molecule has 0 aliphatic carbocycles. The Kier molecular flexibility index (Phi) is 6.86. The van der Waals surface area contributed by atoms with Crippen molar-refractivity contribution in [1.29, 1.82) is 0 Å². The first-order valence-corrected chi connectivity index (χ1v) is 10.3. The zero-order chi connectivity index (χ0) is 20.1. The molecule has 28 heavy (non-hydrogen) atoms. The standard InChI is InChI=1S/C22H26BrN3O2/c1-16-3-5-18(6-4-16)14-22(28)26-11-9-25(10-12-26)15-21(27)24-19-7-8-20(23)17(2)13-19/h3-8,13H,9-12,14-15H2,1-2H3,(H,24,27). The molecule has 1 aliphatic rings. The highest BCUT2D eigenvalue weighted by molar-refractivity contribution is 9.10. The molecule has 3 rings (SSSR count). The molecule has 1 N–H and O–H groups in total. The first kappa shape index (κ1) is 20.6. The van der Waals surface area contributed by atoms with Crippen molar-refractivity contribution in [2.24, 2.45) is 0 Å². The van der Waals surface area contributed by atoms with Crippen molar-refractivity contribution in [2.75, 3.05) is 38.0 Å². The molecule has 1 aliphatic heterocycles. The van der Waals surface area contributed by atoms with Crippen LogP contribution in [0.2, 0.25) is 0 Å². The number of halogens is 1. The van der Waals surface area contributed by atoms with Crippen LogP contribution in [-0.2, 0) is 16.0 Å². The van der Waals surface area contributed by atoms with E-state index >= 15 is 0 Å². The largest absolute Gasteiger partial charge is 0.340 e. The number of nitrogens with one attached hydrogen (secondary N) is 1. The summed E-state index contributed by atoms with van der Waals surface area (Å²) in [7, 11) is 0. The van der Waals surface area contributed by atoms with Crippen molar-refractivity contribution in [3.63, 3.8) is 0 Å². The molecule has 0 unspecified atom stereocenters. The minimum Gasteiger partial charge on any atom is -0.340 e. The van der Waals surface area contributed by atoms with Crippen molar-refractivity contribution in [3.8, 4) is 0 Å². The molecule has 2 amide bonds. The van der Waals surface area contributed by atoms with Crippen LogP contribution in [0.25, 0.3) is 0 Å². The van der Waals surface area contributed by atoms with E-state index in [1.807, 2.05) is 61.2 Å². The number of rotatable bonds is 5. The third-order valence-electron chi connectivity index (χ3n) is 5.01. The van der Waals surface area contributed by atoms with E-state index in [0.29, 0.717) is 39.1 Å². The summed E-state index contributed by atoms with van der Waals surface area (Å²) in [6, 6.07) is 13.9. The van der Waals surface area contributed by atoms with Gasteiger partial charge in [0.05, 0.1) is 13.0 Å². The molecular weight excluding hydrogens is 418 g/mol. The van der Waals surface area contributed by atoms with E-state index in [1.54, 1.807) is 0 Å². The van der Waals surface area contributed by atoms with Gasteiger partial charge in [-0.1, -0.05) is 45.8 Å². The number of aryl methyl sites for hydroxylation is 2. The van der Waals surface area contributed by atoms with E-state index in [4.69, 9.17) is 0 Å². The van der Waals surface area contributed by atoms with Crippen LogP contribution >= 0.6 is 15.9 Å². The van der Waals surface area contributed by atoms with E-state index in [-0.39, 0.29) is 11.8 Å². The van der Waals surface area contributed by atoms with E-state index in [0.717, 1.165) is 21.3 Å². The van der Waals surface area contributed by atoms with Crippen LogP contribution < -0.4 is 5.32 Å². The van der Waals surface area contributed by atoms with Gasteiger partial charge in [0.15, 0.2) is 0 Å². The van der Waals surface area contributed by atoms with Crippen LogP contribution in [0.5, 0.6) is 0 Å². The van der Waals surface area contributed by atoms with Crippen LogP contribution in [-0.4, -0.2) is 54.3 Å². The lowest BCUT2D eigenvalue weighted by Crippen LogP contribution is -2.50. The molecule has 6 heteroatoms. The molecule has 0 bridgehead atoms. The average molecular weight is 444 g/mol. The fraction of sp³-hybridized carbons (Fsp3) is 0.364. The predicted octanol–water partition coefficient (Wildman–Crippen LogP) is 3.39. The molecule has 148 valence electrons. The minimum absolute atomic E-state index is 0.0267. The summed E-state index contributed by atoms with van der Waals surface area (Å²) in [6.45, 7) is 7.13. The summed E-state index contributed by atoms with van der Waals surface area (Å²) in [5.41, 5.74) is 4.12. The molecule has 1 saturated heterocycles. The predicted molar refractivity (Wildman–Crippen MR) is 115 cm³/mol. The fourth-order valence-electron chi connectivity index (χ4n) is 3.27. The van der Waals surface area contributed by atoms with E-state index in [1.165, 1.54) is 5.56 Å². The van der Waals surface area contributed by atoms with Crippen LogP contribution in [0.3, 0.4) is 0 Å². The summed E-state index contributed by atoms with van der Waals surface area (Å²) in [6.07, 6.45) is 0.434. The third kappa shape index (κ3) is 5.66. The van der Waals surface area contributed by atoms with E-state index < -0.39 is 0 Å². The number of carbonyl (C=O) groups is 2. The number of carbonyl (C=O) groups excluding carboxylic acids is 2. The number of hydrogen-bond donors (Lipinski definition) is 1. The lowest BCUT2D eigenvalue weighted by molar-refractivity contribution is -0.132. The van der Waals surface area contributed by atoms with Gasteiger partial charge in [0, 0.05) is 36.3 Å². The smallest absolute Gasteiger partial charge is 0.238 e. The first-order valence-electron chi connectivity index (χ1n) is 9.52. The molecule has 0 aromatic heterocycles. The molecular formula is C22H26BrN3O2. The SMILES string of the molecule is Cc1ccc(CC(=O)N2CCN(CC(=O)Nc3ccc(Br)c(C)c3)CC2)cc1. The molecule has 2 aromatic carbocycles. The second-order valence-electron chi connectivity index (χ2n) is 7.33. The fourth-order valence-corrected chi connectivity index (χ4v) is 3.52. The maximum atomic E-state index is 12.5. The molecule has 1 fully saturated rings. The summed E-state index contributed by atoms with van der Waals surface area (Å²) >= 11 is 3.46. The zero-order valence-electron chi connectivity index (χ0n) is 16.4. The zero-order valence-corrected chi connectivity index (χ0v) is 18.0. The van der Waals surface area contributed by atoms with Gasteiger partial charge in [-0.3, -0.25) is 14.5 Å². The summed E-state index contributed by atoms with van der Waals surface area (Å²) in [5.74, 6) is 0.124. The Morgan fingerprint density at radius 2 is 1.68 bits per heavy atom. The van der Waals surface area contributed by atoms with Gasteiger partial charge in [-0.05, 0) is 43.2 Å². The van der Waals surface area contributed by atoms with Crippen molar-refractivity contribution in [1.82, 2.24) is 9.80 Å².